The molecule has 0 saturated carbocycles. The minimum atomic E-state index is 0.799. The van der Waals surface area contributed by atoms with E-state index < -0.39 is 0 Å². The number of aryl methyl sites for hydroxylation is 1. The van der Waals surface area contributed by atoms with Gasteiger partial charge in [-0.3, -0.25) is 0 Å². The largest absolute Gasteiger partial charge is 0.368 e. The molecule has 1 aliphatic rings. The molecule has 2 aromatic rings. The fourth-order valence-electron chi connectivity index (χ4n) is 3.28. The van der Waals surface area contributed by atoms with Crippen molar-refractivity contribution < 1.29 is 0 Å². The molecule has 1 atom stereocenters. The number of aromatic nitrogens is 2. The number of fused-ring (bicyclic) bond motifs is 3. The van der Waals surface area contributed by atoms with E-state index in [1.165, 1.54) is 35.1 Å². The summed E-state index contributed by atoms with van der Waals surface area (Å²) in [6, 6.07) is 0. The van der Waals surface area contributed by atoms with Gasteiger partial charge in [-0.05, 0) is 43.8 Å². The Morgan fingerprint density at radius 2 is 2.14 bits per heavy atom. The molecule has 0 aromatic carbocycles. The molecule has 0 fully saturated rings. The monoisotopic (exact) mass is 318 g/mol. The molecule has 1 aliphatic carbocycles. The molecule has 120 valence electrons. The van der Waals surface area contributed by atoms with E-state index in [9.17, 15) is 0 Å². The van der Waals surface area contributed by atoms with E-state index >= 15 is 0 Å². The molecular weight excluding hydrogens is 292 g/mol. The summed E-state index contributed by atoms with van der Waals surface area (Å²) in [5.41, 5.74) is 1.50. The Balaban J connectivity index is 1.81. The molecule has 2 heterocycles. The van der Waals surface area contributed by atoms with Gasteiger partial charge in [0.15, 0.2) is 0 Å². The maximum absolute atomic E-state index is 4.52. The van der Waals surface area contributed by atoms with Crippen molar-refractivity contribution in [2.24, 2.45) is 5.92 Å². The van der Waals surface area contributed by atoms with Crippen LogP contribution in [0.5, 0.6) is 0 Å². The third-order valence-corrected chi connectivity index (χ3v) is 5.87. The van der Waals surface area contributed by atoms with Crippen LogP contribution in [-0.2, 0) is 12.8 Å². The highest BCUT2D eigenvalue weighted by atomic mass is 32.1. The zero-order valence-corrected chi connectivity index (χ0v) is 14.7. The molecule has 0 radical (unpaired) electrons. The molecule has 0 amide bonds. The molecule has 3 rings (SSSR count). The predicted molar refractivity (Wildman–Crippen MR) is 94.9 cm³/mol. The highest BCUT2D eigenvalue weighted by Crippen LogP contribution is 2.39. The van der Waals surface area contributed by atoms with Gasteiger partial charge in [0.25, 0.3) is 0 Å². The molecule has 1 N–H and O–H groups in total. The van der Waals surface area contributed by atoms with Crippen LogP contribution in [-0.4, -0.2) is 41.0 Å². The number of nitrogens with zero attached hydrogens (tertiary/aromatic N) is 3. The molecule has 1 unspecified atom stereocenters. The summed E-state index contributed by atoms with van der Waals surface area (Å²) < 4.78 is 0. The first-order valence-electron chi connectivity index (χ1n) is 8.44. The zero-order chi connectivity index (χ0) is 15.5. The zero-order valence-electron chi connectivity index (χ0n) is 13.9. The van der Waals surface area contributed by atoms with Crippen molar-refractivity contribution in [3.8, 4) is 0 Å². The van der Waals surface area contributed by atoms with Crippen molar-refractivity contribution in [2.75, 3.05) is 31.5 Å². The molecule has 4 nitrogen and oxygen atoms in total. The second-order valence-electron chi connectivity index (χ2n) is 6.21. The lowest BCUT2D eigenvalue weighted by Gasteiger charge is -2.19. The summed E-state index contributed by atoms with van der Waals surface area (Å²) in [7, 11) is 0. The average molecular weight is 318 g/mol. The number of likely N-dealkylation sites (N-methyl/N-ethyl adjacent to an activating group) is 1. The van der Waals surface area contributed by atoms with Crippen molar-refractivity contribution >= 4 is 27.4 Å². The third-order valence-electron chi connectivity index (χ3n) is 4.71. The Labute approximate surface area is 137 Å². The highest BCUT2D eigenvalue weighted by molar-refractivity contribution is 7.19. The third kappa shape index (κ3) is 3.10. The van der Waals surface area contributed by atoms with Crippen LogP contribution in [0, 0.1) is 5.92 Å². The number of rotatable bonds is 6. The van der Waals surface area contributed by atoms with Gasteiger partial charge in [-0.25, -0.2) is 9.97 Å². The van der Waals surface area contributed by atoms with Crippen LogP contribution in [0.4, 0.5) is 5.82 Å². The molecule has 22 heavy (non-hydrogen) atoms. The van der Waals surface area contributed by atoms with Gasteiger partial charge in [0, 0.05) is 18.0 Å². The lowest BCUT2D eigenvalue weighted by atomic mass is 9.89. The van der Waals surface area contributed by atoms with E-state index in [1.807, 2.05) is 11.3 Å². The van der Waals surface area contributed by atoms with Gasteiger partial charge < -0.3 is 10.2 Å². The first-order valence-corrected chi connectivity index (χ1v) is 9.26. The fourth-order valence-corrected chi connectivity index (χ4v) is 4.63. The number of anilines is 1. The Morgan fingerprint density at radius 3 is 2.91 bits per heavy atom. The van der Waals surface area contributed by atoms with Crippen LogP contribution in [0.2, 0.25) is 0 Å². The van der Waals surface area contributed by atoms with Gasteiger partial charge in [0.05, 0.1) is 5.39 Å². The fraction of sp³-hybridized carbons (Fsp3) is 0.647. The van der Waals surface area contributed by atoms with E-state index in [4.69, 9.17) is 0 Å². The topological polar surface area (TPSA) is 41.0 Å². The van der Waals surface area contributed by atoms with Gasteiger partial charge in [-0.1, -0.05) is 20.8 Å². The maximum atomic E-state index is 4.52. The Morgan fingerprint density at radius 1 is 1.32 bits per heavy atom. The van der Waals surface area contributed by atoms with Crippen molar-refractivity contribution in [1.29, 1.82) is 0 Å². The van der Waals surface area contributed by atoms with Crippen LogP contribution >= 0.6 is 11.3 Å². The summed E-state index contributed by atoms with van der Waals surface area (Å²) in [5.74, 6) is 1.83. The summed E-state index contributed by atoms with van der Waals surface area (Å²) in [6.45, 7) is 11.0. The first kappa shape index (κ1) is 15.7. The number of hydrogen-bond donors (Lipinski definition) is 1. The molecule has 2 aromatic heterocycles. The minimum absolute atomic E-state index is 0.799. The molecule has 0 spiro atoms. The van der Waals surface area contributed by atoms with Gasteiger partial charge in [-0.2, -0.15) is 0 Å². The molecule has 0 saturated heterocycles. The van der Waals surface area contributed by atoms with E-state index in [0.29, 0.717) is 0 Å². The van der Waals surface area contributed by atoms with Crippen molar-refractivity contribution in [3.63, 3.8) is 0 Å². The van der Waals surface area contributed by atoms with Crippen LogP contribution in [0.1, 0.15) is 37.6 Å². The molecule has 0 bridgehead atoms. The highest BCUT2D eigenvalue weighted by Gasteiger charge is 2.22. The molecule has 5 heteroatoms. The number of hydrogen-bond acceptors (Lipinski definition) is 5. The lowest BCUT2D eigenvalue weighted by molar-refractivity contribution is 0.316. The van der Waals surface area contributed by atoms with Crippen molar-refractivity contribution in [3.05, 3.63) is 16.8 Å². The van der Waals surface area contributed by atoms with Gasteiger partial charge in [0.1, 0.15) is 17.0 Å². The van der Waals surface area contributed by atoms with Gasteiger partial charge in [0.2, 0.25) is 0 Å². The van der Waals surface area contributed by atoms with Crippen molar-refractivity contribution in [2.45, 2.75) is 40.0 Å². The second-order valence-corrected chi connectivity index (χ2v) is 7.29. The lowest BCUT2D eigenvalue weighted by Crippen LogP contribution is -2.28. The Bertz CT molecular complexity index is 633. The summed E-state index contributed by atoms with van der Waals surface area (Å²) in [6.07, 6.45) is 5.36. The average Bonchev–Trinajstić information content (AvgIpc) is 2.89. The first-order chi connectivity index (χ1) is 10.7. The number of thiophene rings is 1. The van der Waals surface area contributed by atoms with E-state index in [1.54, 1.807) is 6.33 Å². The van der Waals surface area contributed by atoms with Crippen LogP contribution in [0.25, 0.3) is 10.2 Å². The Kier molecular flexibility index (Phi) is 4.93. The van der Waals surface area contributed by atoms with E-state index in [0.717, 1.165) is 42.7 Å². The number of nitrogens with one attached hydrogen (secondary N) is 1. The van der Waals surface area contributed by atoms with Crippen molar-refractivity contribution in [1.82, 2.24) is 14.9 Å². The normalized spacial score (nSPS) is 17.9. The summed E-state index contributed by atoms with van der Waals surface area (Å²) >= 11 is 1.86. The predicted octanol–water partition coefficient (Wildman–Crippen LogP) is 3.57. The Hall–Kier alpha value is -1.20. The van der Waals surface area contributed by atoms with Gasteiger partial charge in [-0.15, -0.1) is 11.3 Å². The van der Waals surface area contributed by atoms with Gasteiger partial charge >= 0.3 is 0 Å². The van der Waals surface area contributed by atoms with E-state index in [2.05, 4.69) is 41.0 Å². The quantitative estimate of drug-likeness (QED) is 0.884. The van der Waals surface area contributed by atoms with E-state index in [-0.39, 0.29) is 0 Å². The standard InChI is InChI=1S/C17H26N4S/c1-4-21(5-2)9-8-18-16-15-13-7-6-12(3)10-14(13)22-17(15)20-11-19-16/h11-12H,4-10H2,1-3H3,(H,18,19,20). The SMILES string of the molecule is CCN(CC)CCNc1ncnc2sc3c(c12)CCC(C)C3. The van der Waals surface area contributed by atoms with Crippen LogP contribution in [0.3, 0.4) is 0 Å². The minimum Gasteiger partial charge on any atom is -0.368 e. The smallest absolute Gasteiger partial charge is 0.138 e. The van der Waals surface area contributed by atoms with Crippen LogP contribution < -0.4 is 5.32 Å². The summed E-state index contributed by atoms with van der Waals surface area (Å²) in [5, 5.41) is 4.83. The summed E-state index contributed by atoms with van der Waals surface area (Å²) in [4.78, 5) is 14.1. The molecular formula is C17H26N4S. The maximum Gasteiger partial charge on any atom is 0.138 e. The van der Waals surface area contributed by atoms with Crippen LogP contribution in [0.15, 0.2) is 6.33 Å². The second kappa shape index (κ2) is 6.92. The molecule has 0 aliphatic heterocycles.